The summed E-state index contributed by atoms with van der Waals surface area (Å²) < 4.78 is 0. The monoisotopic (exact) mass is 290 g/mol. The lowest BCUT2D eigenvalue weighted by Gasteiger charge is -2.34. The van der Waals surface area contributed by atoms with E-state index in [2.05, 4.69) is 54.4 Å². The first-order chi connectivity index (χ1) is 10.3. The molecule has 0 radical (unpaired) electrons. The topological polar surface area (TPSA) is 35.5 Å². The Balaban J connectivity index is 2.02. The number of aliphatic hydroxyl groups excluding tert-OH is 1. The van der Waals surface area contributed by atoms with Crippen molar-refractivity contribution in [1.82, 2.24) is 10.2 Å². The highest BCUT2D eigenvalue weighted by Gasteiger charge is 2.25. The van der Waals surface area contributed by atoms with E-state index in [0.717, 1.165) is 38.9 Å². The van der Waals surface area contributed by atoms with Crippen LogP contribution < -0.4 is 5.32 Å². The molecule has 3 nitrogen and oxygen atoms in total. The van der Waals surface area contributed by atoms with Crippen molar-refractivity contribution in [2.75, 3.05) is 19.6 Å². The Hall–Kier alpha value is -0.900. The Morgan fingerprint density at radius 2 is 1.81 bits per heavy atom. The van der Waals surface area contributed by atoms with Gasteiger partial charge in [0.05, 0.1) is 6.10 Å². The van der Waals surface area contributed by atoms with Crippen LogP contribution in [0.2, 0.25) is 0 Å². The van der Waals surface area contributed by atoms with Crippen LogP contribution in [-0.2, 0) is 0 Å². The molecule has 2 N–H and O–H groups in total. The summed E-state index contributed by atoms with van der Waals surface area (Å²) >= 11 is 0. The fraction of sp³-hybridized carbons (Fsp3) is 0.667. The second-order valence-electron chi connectivity index (χ2n) is 6.01. The van der Waals surface area contributed by atoms with Gasteiger partial charge < -0.3 is 10.4 Å². The van der Waals surface area contributed by atoms with Gasteiger partial charge in [-0.15, -0.1) is 0 Å². The van der Waals surface area contributed by atoms with Crippen molar-refractivity contribution in [1.29, 1.82) is 0 Å². The number of hydrogen-bond donors (Lipinski definition) is 2. The van der Waals surface area contributed by atoms with E-state index in [1.807, 2.05) is 0 Å². The van der Waals surface area contributed by atoms with E-state index in [9.17, 15) is 5.11 Å². The van der Waals surface area contributed by atoms with Crippen LogP contribution in [-0.4, -0.2) is 41.8 Å². The summed E-state index contributed by atoms with van der Waals surface area (Å²) in [5.41, 5.74) is 1.36. The van der Waals surface area contributed by atoms with Crippen molar-refractivity contribution in [3.8, 4) is 0 Å². The first-order valence-corrected chi connectivity index (χ1v) is 8.46. The molecule has 21 heavy (non-hydrogen) atoms. The molecule has 0 amide bonds. The first-order valence-electron chi connectivity index (χ1n) is 8.46. The van der Waals surface area contributed by atoms with E-state index in [4.69, 9.17) is 0 Å². The van der Waals surface area contributed by atoms with Gasteiger partial charge in [0.25, 0.3) is 0 Å². The van der Waals surface area contributed by atoms with Crippen LogP contribution in [0.4, 0.5) is 0 Å². The van der Waals surface area contributed by atoms with Crippen molar-refractivity contribution < 1.29 is 5.11 Å². The lowest BCUT2D eigenvalue weighted by molar-refractivity contribution is 0.0848. The Kier molecular flexibility index (Phi) is 6.68. The number of benzene rings is 1. The maximum atomic E-state index is 10.1. The van der Waals surface area contributed by atoms with Gasteiger partial charge in [-0.25, -0.2) is 0 Å². The van der Waals surface area contributed by atoms with Crippen molar-refractivity contribution in [3.05, 3.63) is 35.9 Å². The third-order valence-corrected chi connectivity index (χ3v) is 4.74. The molecule has 0 heterocycles. The van der Waals surface area contributed by atoms with Crippen LogP contribution in [0.15, 0.2) is 30.3 Å². The zero-order valence-corrected chi connectivity index (χ0v) is 13.5. The SMILES string of the molecule is CCN(CC)C(CN[C@@H]1CCCC[C@H]1O)c1ccccc1. The van der Waals surface area contributed by atoms with Crippen molar-refractivity contribution >= 4 is 0 Å². The number of aliphatic hydroxyl groups is 1. The van der Waals surface area contributed by atoms with Crippen LogP contribution in [0.5, 0.6) is 0 Å². The Bertz CT molecular complexity index is 391. The summed E-state index contributed by atoms with van der Waals surface area (Å²) in [4.78, 5) is 2.48. The highest BCUT2D eigenvalue weighted by molar-refractivity contribution is 5.19. The summed E-state index contributed by atoms with van der Waals surface area (Å²) in [5.74, 6) is 0. The van der Waals surface area contributed by atoms with E-state index in [-0.39, 0.29) is 12.1 Å². The van der Waals surface area contributed by atoms with Gasteiger partial charge in [-0.1, -0.05) is 57.0 Å². The zero-order chi connectivity index (χ0) is 15.1. The van der Waals surface area contributed by atoms with Crippen molar-refractivity contribution in [2.45, 2.75) is 57.7 Å². The van der Waals surface area contributed by atoms with Gasteiger partial charge >= 0.3 is 0 Å². The highest BCUT2D eigenvalue weighted by Crippen LogP contribution is 2.22. The molecular weight excluding hydrogens is 260 g/mol. The fourth-order valence-corrected chi connectivity index (χ4v) is 3.41. The van der Waals surface area contributed by atoms with Crippen LogP contribution >= 0.6 is 0 Å². The molecule has 2 rings (SSSR count). The smallest absolute Gasteiger partial charge is 0.0693 e. The lowest BCUT2D eigenvalue weighted by atomic mass is 9.92. The summed E-state index contributed by atoms with van der Waals surface area (Å²) in [6, 6.07) is 11.4. The molecular formula is C18H30N2O. The summed E-state index contributed by atoms with van der Waals surface area (Å²) in [6.45, 7) is 7.44. The van der Waals surface area contributed by atoms with Gasteiger partial charge in [0.1, 0.15) is 0 Å². The quantitative estimate of drug-likeness (QED) is 0.810. The molecule has 1 saturated carbocycles. The van der Waals surface area contributed by atoms with Gasteiger partial charge in [0, 0.05) is 18.6 Å². The van der Waals surface area contributed by atoms with Crippen LogP contribution in [0.3, 0.4) is 0 Å². The zero-order valence-electron chi connectivity index (χ0n) is 13.5. The number of nitrogens with one attached hydrogen (secondary N) is 1. The standard InChI is InChI=1S/C18H30N2O/c1-3-20(4-2)17(15-10-6-5-7-11-15)14-19-16-12-8-9-13-18(16)21/h5-7,10-11,16-19,21H,3-4,8-9,12-14H2,1-2H3/t16-,17?,18-/m1/s1. The molecule has 1 aromatic carbocycles. The maximum Gasteiger partial charge on any atom is 0.0693 e. The van der Waals surface area contributed by atoms with E-state index >= 15 is 0 Å². The largest absolute Gasteiger partial charge is 0.392 e. The third-order valence-electron chi connectivity index (χ3n) is 4.74. The van der Waals surface area contributed by atoms with Gasteiger partial charge in [0.2, 0.25) is 0 Å². The van der Waals surface area contributed by atoms with Gasteiger partial charge in [-0.05, 0) is 31.5 Å². The summed E-state index contributed by atoms with van der Waals surface area (Å²) in [6.07, 6.45) is 4.26. The lowest BCUT2D eigenvalue weighted by Crippen LogP contribution is -2.46. The third kappa shape index (κ3) is 4.53. The van der Waals surface area contributed by atoms with Gasteiger partial charge in [-0.3, -0.25) is 4.90 Å². The molecule has 0 bridgehead atoms. The molecule has 1 aromatic rings. The molecule has 0 aromatic heterocycles. The number of rotatable bonds is 7. The highest BCUT2D eigenvalue weighted by atomic mass is 16.3. The molecule has 3 heteroatoms. The second-order valence-corrected chi connectivity index (χ2v) is 6.01. The summed E-state index contributed by atoms with van der Waals surface area (Å²) in [5, 5.41) is 13.8. The Morgan fingerprint density at radius 3 is 2.43 bits per heavy atom. The Labute approximate surface area is 129 Å². The van der Waals surface area contributed by atoms with E-state index in [1.165, 1.54) is 12.0 Å². The van der Waals surface area contributed by atoms with Crippen LogP contribution in [0.25, 0.3) is 0 Å². The molecule has 0 spiro atoms. The van der Waals surface area contributed by atoms with E-state index in [1.54, 1.807) is 0 Å². The number of hydrogen-bond acceptors (Lipinski definition) is 3. The maximum absolute atomic E-state index is 10.1. The number of nitrogens with zero attached hydrogens (tertiary/aromatic N) is 1. The minimum atomic E-state index is -0.174. The predicted molar refractivity (Wildman–Crippen MR) is 88.4 cm³/mol. The van der Waals surface area contributed by atoms with Crippen LogP contribution in [0.1, 0.15) is 51.1 Å². The molecule has 0 aliphatic heterocycles. The molecule has 0 saturated heterocycles. The fourth-order valence-electron chi connectivity index (χ4n) is 3.41. The first kappa shape index (κ1) is 16.5. The van der Waals surface area contributed by atoms with Crippen molar-refractivity contribution in [3.63, 3.8) is 0 Å². The molecule has 1 fully saturated rings. The molecule has 1 aliphatic rings. The Morgan fingerprint density at radius 1 is 1.14 bits per heavy atom. The minimum absolute atomic E-state index is 0.174. The molecule has 3 atom stereocenters. The molecule has 118 valence electrons. The number of likely N-dealkylation sites (N-methyl/N-ethyl adjacent to an activating group) is 1. The van der Waals surface area contributed by atoms with Crippen molar-refractivity contribution in [2.24, 2.45) is 0 Å². The van der Waals surface area contributed by atoms with Gasteiger partial charge in [-0.2, -0.15) is 0 Å². The second kappa shape index (κ2) is 8.52. The molecule has 1 unspecified atom stereocenters. The predicted octanol–water partition coefficient (Wildman–Crippen LogP) is 2.96. The molecule has 1 aliphatic carbocycles. The van der Waals surface area contributed by atoms with Gasteiger partial charge in [0.15, 0.2) is 0 Å². The van der Waals surface area contributed by atoms with E-state index < -0.39 is 0 Å². The average molecular weight is 290 g/mol. The average Bonchev–Trinajstić information content (AvgIpc) is 2.54. The van der Waals surface area contributed by atoms with Crippen LogP contribution in [0, 0.1) is 0 Å². The summed E-state index contributed by atoms with van der Waals surface area (Å²) in [7, 11) is 0. The normalized spacial score (nSPS) is 24.2. The minimum Gasteiger partial charge on any atom is -0.392 e. The van der Waals surface area contributed by atoms with E-state index in [0.29, 0.717) is 6.04 Å².